The lowest BCUT2D eigenvalue weighted by Gasteiger charge is -2.40. The number of carbonyl (C=O) groups excluding carboxylic acids is 2. The number of hydrogen-bond donors (Lipinski definition) is 1. The average molecular weight is 349 g/mol. The molecule has 0 aromatic heterocycles. The standard InChI is InChI=1S/C21H23N3O2/c1-14-5-3-6-15(11-14)13-22-20(25)16-8-9-17-18(12-16)23(2)19-7-4-10-24(19)21(17)26/h3,5-6,8-9,11-12,19H,4,7,10,13H2,1-2H3,(H,22,25)/t19-/m0/s1. The fraction of sp³-hybridized carbons (Fsp3) is 0.333. The first-order valence-electron chi connectivity index (χ1n) is 9.06. The molecule has 0 aliphatic carbocycles. The van der Waals surface area contributed by atoms with Crippen molar-refractivity contribution in [3.63, 3.8) is 0 Å². The number of carbonyl (C=O) groups is 2. The summed E-state index contributed by atoms with van der Waals surface area (Å²) in [7, 11) is 2.00. The highest BCUT2D eigenvalue weighted by molar-refractivity contribution is 6.04. The highest BCUT2D eigenvalue weighted by atomic mass is 16.2. The molecule has 5 nitrogen and oxygen atoms in total. The fourth-order valence-electron chi connectivity index (χ4n) is 3.96. The molecule has 0 saturated carbocycles. The molecule has 0 bridgehead atoms. The van der Waals surface area contributed by atoms with Gasteiger partial charge in [0.05, 0.1) is 11.3 Å². The molecule has 2 heterocycles. The first-order chi connectivity index (χ1) is 12.5. The van der Waals surface area contributed by atoms with Crippen molar-refractivity contribution in [2.75, 3.05) is 18.5 Å². The molecule has 0 radical (unpaired) electrons. The lowest BCUT2D eigenvalue weighted by molar-refractivity contribution is 0.0719. The number of nitrogens with one attached hydrogen (secondary N) is 1. The van der Waals surface area contributed by atoms with Gasteiger partial charge in [0.15, 0.2) is 0 Å². The van der Waals surface area contributed by atoms with Crippen molar-refractivity contribution < 1.29 is 9.59 Å². The summed E-state index contributed by atoms with van der Waals surface area (Å²) in [5, 5.41) is 2.97. The average Bonchev–Trinajstić information content (AvgIpc) is 3.14. The van der Waals surface area contributed by atoms with Gasteiger partial charge in [-0.1, -0.05) is 29.8 Å². The predicted octanol–water partition coefficient (Wildman–Crippen LogP) is 2.94. The van der Waals surface area contributed by atoms with Gasteiger partial charge in [-0.2, -0.15) is 0 Å². The Kier molecular flexibility index (Phi) is 4.15. The van der Waals surface area contributed by atoms with Crippen LogP contribution in [0.1, 0.15) is 44.7 Å². The molecule has 2 aliphatic rings. The van der Waals surface area contributed by atoms with E-state index in [1.807, 2.05) is 43.1 Å². The lowest BCUT2D eigenvalue weighted by Crippen LogP contribution is -2.50. The molecule has 26 heavy (non-hydrogen) atoms. The van der Waals surface area contributed by atoms with Crippen LogP contribution in [-0.4, -0.2) is 36.5 Å². The number of rotatable bonds is 3. The maximum atomic E-state index is 12.7. The van der Waals surface area contributed by atoms with Gasteiger partial charge < -0.3 is 15.1 Å². The number of anilines is 1. The SMILES string of the molecule is Cc1cccc(CNC(=O)c2ccc3c(c2)N(C)[C@@H]2CCCN2C3=O)c1. The predicted molar refractivity (Wildman–Crippen MR) is 101 cm³/mol. The van der Waals surface area contributed by atoms with E-state index in [0.717, 1.165) is 30.6 Å². The second-order valence-corrected chi connectivity index (χ2v) is 7.14. The Morgan fingerprint density at radius 2 is 2.08 bits per heavy atom. The van der Waals surface area contributed by atoms with Gasteiger partial charge in [-0.15, -0.1) is 0 Å². The highest BCUT2D eigenvalue weighted by Gasteiger charge is 2.38. The normalized spacial score (nSPS) is 18.5. The smallest absolute Gasteiger partial charge is 0.257 e. The van der Waals surface area contributed by atoms with Gasteiger partial charge in [0.2, 0.25) is 0 Å². The van der Waals surface area contributed by atoms with Crippen molar-refractivity contribution in [2.45, 2.75) is 32.5 Å². The minimum Gasteiger partial charge on any atom is -0.354 e. The van der Waals surface area contributed by atoms with Gasteiger partial charge in [0.1, 0.15) is 6.17 Å². The highest BCUT2D eigenvalue weighted by Crippen LogP contribution is 2.35. The molecular formula is C21H23N3O2. The van der Waals surface area contributed by atoms with E-state index in [4.69, 9.17) is 0 Å². The largest absolute Gasteiger partial charge is 0.354 e. The van der Waals surface area contributed by atoms with Crippen LogP contribution in [0.5, 0.6) is 0 Å². The molecule has 134 valence electrons. The molecule has 4 rings (SSSR count). The fourth-order valence-corrected chi connectivity index (χ4v) is 3.96. The van der Waals surface area contributed by atoms with Crippen molar-refractivity contribution >= 4 is 17.5 Å². The van der Waals surface area contributed by atoms with Gasteiger partial charge in [0, 0.05) is 25.7 Å². The van der Waals surface area contributed by atoms with Crippen molar-refractivity contribution in [3.05, 3.63) is 64.7 Å². The molecule has 0 spiro atoms. The van der Waals surface area contributed by atoms with Crippen molar-refractivity contribution in [1.29, 1.82) is 0 Å². The van der Waals surface area contributed by atoms with Crippen LogP contribution in [0.4, 0.5) is 5.69 Å². The van der Waals surface area contributed by atoms with Crippen molar-refractivity contribution in [1.82, 2.24) is 10.2 Å². The second-order valence-electron chi connectivity index (χ2n) is 7.14. The maximum Gasteiger partial charge on any atom is 0.257 e. The third-order valence-corrected chi connectivity index (χ3v) is 5.33. The van der Waals surface area contributed by atoms with Gasteiger partial charge >= 0.3 is 0 Å². The minimum absolute atomic E-state index is 0.0762. The van der Waals surface area contributed by atoms with Crippen molar-refractivity contribution in [2.24, 2.45) is 0 Å². The van der Waals surface area contributed by atoms with E-state index < -0.39 is 0 Å². The molecule has 1 fully saturated rings. The molecule has 2 aromatic carbocycles. The van der Waals surface area contributed by atoms with Crippen LogP contribution in [0.25, 0.3) is 0 Å². The van der Waals surface area contributed by atoms with E-state index in [0.29, 0.717) is 17.7 Å². The number of amides is 2. The summed E-state index contributed by atoms with van der Waals surface area (Å²) in [5.41, 5.74) is 4.36. The Morgan fingerprint density at radius 1 is 1.23 bits per heavy atom. The van der Waals surface area contributed by atoms with Crippen LogP contribution in [-0.2, 0) is 6.54 Å². The number of fused-ring (bicyclic) bond motifs is 2. The van der Waals surface area contributed by atoms with E-state index in [-0.39, 0.29) is 18.0 Å². The zero-order valence-corrected chi connectivity index (χ0v) is 15.2. The van der Waals surface area contributed by atoms with E-state index in [1.54, 1.807) is 12.1 Å². The first kappa shape index (κ1) is 16.6. The summed E-state index contributed by atoms with van der Waals surface area (Å²) in [6.45, 7) is 3.34. The molecule has 1 saturated heterocycles. The molecule has 1 atom stereocenters. The minimum atomic E-state index is -0.121. The third kappa shape index (κ3) is 2.83. The summed E-state index contributed by atoms with van der Waals surface area (Å²) >= 11 is 0. The molecule has 2 amide bonds. The van der Waals surface area contributed by atoms with Crippen LogP contribution in [0.2, 0.25) is 0 Å². The van der Waals surface area contributed by atoms with E-state index in [1.165, 1.54) is 5.56 Å². The Labute approximate surface area is 153 Å². The maximum absolute atomic E-state index is 12.7. The zero-order valence-electron chi connectivity index (χ0n) is 15.2. The van der Waals surface area contributed by atoms with E-state index >= 15 is 0 Å². The van der Waals surface area contributed by atoms with Gasteiger partial charge in [0.25, 0.3) is 11.8 Å². The number of hydrogen-bond acceptors (Lipinski definition) is 3. The molecule has 2 aliphatic heterocycles. The summed E-state index contributed by atoms with van der Waals surface area (Å²) < 4.78 is 0. The van der Waals surface area contributed by atoms with E-state index in [9.17, 15) is 9.59 Å². The lowest BCUT2D eigenvalue weighted by atomic mass is 10.0. The molecular weight excluding hydrogens is 326 g/mol. The summed E-state index contributed by atoms with van der Waals surface area (Å²) in [6.07, 6.45) is 2.12. The number of nitrogens with zero attached hydrogens (tertiary/aromatic N) is 2. The Balaban J connectivity index is 1.54. The first-order valence-corrected chi connectivity index (χ1v) is 9.06. The quantitative estimate of drug-likeness (QED) is 0.927. The van der Waals surface area contributed by atoms with Gasteiger partial charge in [-0.05, 0) is 43.5 Å². The molecule has 5 heteroatoms. The monoisotopic (exact) mass is 349 g/mol. The number of benzene rings is 2. The number of aryl methyl sites for hydroxylation is 1. The Bertz CT molecular complexity index is 877. The third-order valence-electron chi connectivity index (χ3n) is 5.33. The summed E-state index contributed by atoms with van der Waals surface area (Å²) in [6, 6.07) is 13.5. The Hall–Kier alpha value is -2.82. The van der Waals surface area contributed by atoms with Crippen LogP contribution < -0.4 is 10.2 Å². The summed E-state index contributed by atoms with van der Waals surface area (Å²) in [4.78, 5) is 29.3. The van der Waals surface area contributed by atoms with Gasteiger partial charge in [-0.25, -0.2) is 0 Å². The molecule has 2 aromatic rings. The van der Waals surface area contributed by atoms with E-state index in [2.05, 4.69) is 16.3 Å². The molecule has 1 N–H and O–H groups in total. The van der Waals surface area contributed by atoms with Crippen LogP contribution in [0.15, 0.2) is 42.5 Å². The van der Waals surface area contributed by atoms with Gasteiger partial charge in [-0.3, -0.25) is 9.59 Å². The van der Waals surface area contributed by atoms with Crippen LogP contribution >= 0.6 is 0 Å². The van der Waals surface area contributed by atoms with Crippen molar-refractivity contribution in [3.8, 4) is 0 Å². The second kappa shape index (κ2) is 6.48. The van der Waals surface area contributed by atoms with Crippen LogP contribution in [0.3, 0.4) is 0 Å². The summed E-state index contributed by atoms with van der Waals surface area (Å²) in [5.74, 6) is -0.0451. The zero-order chi connectivity index (χ0) is 18.3. The Morgan fingerprint density at radius 3 is 2.88 bits per heavy atom. The topological polar surface area (TPSA) is 52.7 Å². The van der Waals surface area contributed by atoms with Crippen LogP contribution in [0, 0.1) is 6.92 Å². The molecule has 0 unspecified atom stereocenters.